The lowest BCUT2D eigenvalue weighted by atomic mass is 10.0. The SMILES string of the molecule is C=CC(NC(=O)/C=C/c1ccc(C(=O)Oc2ccc(C(=N)N)cc2)cc1C)C(=O)OCc1ccc(C(=O)OCC)cc1. The Morgan fingerprint density at radius 1 is 0.929 bits per heavy atom. The second-order valence-electron chi connectivity index (χ2n) is 8.98. The van der Waals surface area contributed by atoms with Crippen LogP contribution in [0.4, 0.5) is 0 Å². The van der Waals surface area contributed by atoms with Crippen molar-refractivity contribution < 1.29 is 33.4 Å². The number of ether oxygens (including phenoxy) is 3. The first-order valence-electron chi connectivity index (χ1n) is 12.9. The largest absolute Gasteiger partial charge is 0.462 e. The van der Waals surface area contributed by atoms with Crippen LogP contribution in [0.1, 0.15) is 49.9 Å². The quantitative estimate of drug-likeness (QED) is 0.0735. The molecule has 0 saturated carbocycles. The van der Waals surface area contributed by atoms with Gasteiger partial charge in [-0.25, -0.2) is 14.4 Å². The summed E-state index contributed by atoms with van der Waals surface area (Å²) in [7, 11) is 0. The molecule has 4 N–H and O–H groups in total. The summed E-state index contributed by atoms with van der Waals surface area (Å²) in [5.74, 6) is -2.03. The standard InChI is InChI=1S/C32H31N3O7/c1-4-27(32(39)41-19-21-6-8-24(9-7-21)30(37)40-5-2)35-28(36)17-14-22-10-11-25(18-20(22)3)31(38)42-26-15-12-23(13-16-26)29(33)34/h4,6-18,27H,1,5,19H2,2-3H3,(H3,33,34)(H,35,36)/b17-14+. The van der Waals surface area contributed by atoms with Gasteiger partial charge in [-0.1, -0.05) is 24.3 Å². The number of benzene rings is 3. The van der Waals surface area contributed by atoms with Crippen molar-refractivity contribution in [3.8, 4) is 5.75 Å². The Balaban J connectivity index is 1.53. The molecule has 216 valence electrons. The van der Waals surface area contributed by atoms with E-state index in [1.54, 1.807) is 86.7 Å². The summed E-state index contributed by atoms with van der Waals surface area (Å²) >= 11 is 0. The monoisotopic (exact) mass is 569 g/mol. The molecule has 3 rings (SSSR count). The minimum absolute atomic E-state index is 0.0598. The molecule has 1 atom stereocenters. The fourth-order valence-electron chi connectivity index (χ4n) is 3.63. The lowest BCUT2D eigenvalue weighted by Crippen LogP contribution is -2.39. The highest BCUT2D eigenvalue weighted by Gasteiger charge is 2.18. The van der Waals surface area contributed by atoms with Gasteiger partial charge in [0.25, 0.3) is 0 Å². The number of carbonyl (C=O) groups excluding carboxylic acids is 4. The van der Waals surface area contributed by atoms with Crippen molar-refractivity contribution in [2.24, 2.45) is 5.73 Å². The van der Waals surface area contributed by atoms with E-state index in [2.05, 4.69) is 11.9 Å². The summed E-state index contributed by atoms with van der Waals surface area (Å²) in [6.07, 6.45) is 4.07. The third-order valence-corrected chi connectivity index (χ3v) is 5.93. The highest BCUT2D eigenvalue weighted by Crippen LogP contribution is 2.17. The molecule has 3 aromatic carbocycles. The summed E-state index contributed by atoms with van der Waals surface area (Å²) in [5, 5.41) is 9.95. The van der Waals surface area contributed by atoms with Gasteiger partial charge in [-0.05, 0) is 85.1 Å². The van der Waals surface area contributed by atoms with Crippen LogP contribution in [-0.2, 0) is 25.7 Å². The maximum absolute atomic E-state index is 12.5. The first-order valence-corrected chi connectivity index (χ1v) is 12.9. The molecule has 0 radical (unpaired) electrons. The first kappa shape index (κ1) is 31.0. The number of aryl methyl sites for hydroxylation is 1. The Bertz CT molecular complexity index is 1510. The minimum atomic E-state index is -1.08. The number of hydrogen-bond donors (Lipinski definition) is 3. The molecular weight excluding hydrogens is 538 g/mol. The van der Waals surface area contributed by atoms with Crippen LogP contribution in [0.25, 0.3) is 6.08 Å². The van der Waals surface area contributed by atoms with Crippen LogP contribution in [0.3, 0.4) is 0 Å². The molecule has 1 amide bonds. The van der Waals surface area contributed by atoms with Gasteiger partial charge in [0, 0.05) is 11.6 Å². The first-order chi connectivity index (χ1) is 20.1. The lowest BCUT2D eigenvalue weighted by Gasteiger charge is -2.13. The second-order valence-corrected chi connectivity index (χ2v) is 8.98. The van der Waals surface area contributed by atoms with Crippen molar-refractivity contribution >= 4 is 35.7 Å². The lowest BCUT2D eigenvalue weighted by molar-refractivity contribution is -0.147. The van der Waals surface area contributed by atoms with Crippen molar-refractivity contribution in [1.29, 1.82) is 5.41 Å². The maximum atomic E-state index is 12.5. The van der Waals surface area contributed by atoms with Crippen LogP contribution < -0.4 is 15.8 Å². The van der Waals surface area contributed by atoms with Crippen molar-refractivity contribution in [3.05, 3.63) is 119 Å². The number of rotatable bonds is 12. The normalized spacial score (nSPS) is 11.3. The number of amidine groups is 1. The summed E-state index contributed by atoms with van der Waals surface area (Å²) in [6.45, 7) is 7.29. The van der Waals surface area contributed by atoms with Crippen LogP contribution in [0.15, 0.2) is 85.5 Å². The molecule has 0 heterocycles. The van der Waals surface area contributed by atoms with E-state index < -0.39 is 29.9 Å². The Labute approximate surface area is 243 Å². The van der Waals surface area contributed by atoms with Gasteiger partial charge < -0.3 is 25.3 Å². The molecular formula is C32H31N3O7. The fourth-order valence-corrected chi connectivity index (χ4v) is 3.63. The predicted molar refractivity (Wildman–Crippen MR) is 157 cm³/mol. The summed E-state index contributed by atoms with van der Waals surface area (Å²) in [5.41, 5.74) is 8.69. The molecule has 0 aliphatic heterocycles. The van der Waals surface area contributed by atoms with Gasteiger partial charge in [0.2, 0.25) is 5.91 Å². The van der Waals surface area contributed by atoms with E-state index in [0.717, 1.165) is 0 Å². The van der Waals surface area contributed by atoms with E-state index in [4.69, 9.17) is 25.4 Å². The predicted octanol–water partition coefficient (Wildman–Crippen LogP) is 4.10. The van der Waals surface area contributed by atoms with E-state index in [-0.39, 0.29) is 19.0 Å². The van der Waals surface area contributed by atoms with Crippen LogP contribution >= 0.6 is 0 Å². The molecule has 0 saturated heterocycles. The number of nitrogen functional groups attached to an aromatic ring is 1. The molecule has 1 unspecified atom stereocenters. The summed E-state index contributed by atoms with van der Waals surface area (Å²) in [6, 6.07) is 16.5. The second kappa shape index (κ2) is 14.8. The number of esters is 3. The highest BCUT2D eigenvalue weighted by atomic mass is 16.5. The fraction of sp³-hybridized carbons (Fsp3) is 0.156. The number of amides is 1. The van der Waals surface area contributed by atoms with Gasteiger partial charge >= 0.3 is 17.9 Å². The summed E-state index contributed by atoms with van der Waals surface area (Å²) in [4.78, 5) is 49.3. The van der Waals surface area contributed by atoms with Crippen molar-refractivity contribution in [1.82, 2.24) is 5.32 Å². The Morgan fingerprint density at radius 2 is 1.57 bits per heavy atom. The van der Waals surface area contributed by atoms with Crippen LogP contribution in [0.5, 0.6) is 5.75 Å². The number of nitrogens with one attached hydrogen (secondary N) is 2. The molecule has 0 aromatic heterocycles. The van der Waals surface area contributed by atoms with Crippen molar-refractivity contribution in [2.75, 3.05) is 6.61 Å². The van der Waals surface area contributed by atoms with Gasteiger partial charge in [-0.2, -0.15) is 0 Å². The Hall–Kier alpha value is -5.51. The molecule has 10 heteroatoms. The van der Waals surface area contributed by atoms with Gasteiger partial charge in [0.15, 0.2) is 0 Å². The average Bonchev–Trinajstić information content (AvgIpc) is 2.98. The Morgan fingerprint density at radius 3 is 2.17 bits per heavy atom. The molecule has 42 heavy (non-hydrogen) atoms. The zero-order valence-corrected chi connectivity index (χ0v) is 23.2. The zero-order chi connectivity index (χ0) is 30.6. The van der Waals surface area contributed by atoms with Crippen LogP contribution in [0, 0.1) is 12.3 Å². The van der Waals surface area contributed by atoms with Crippen LogP contribution in [-0.4, -0.2) is 42.3 Å². The highest BCUT2D eigenvalue weighted by molar-refractivity contribution is 5.96. The smallest absolute Gasteiger partial charge is 0.343 e. The van der Waals surface area contributed by atoms with E-state index in [1.807, 2.05) is 0 Å². The maximum Gasteiger partial charge on any atom is 0.343 e. The van der Waals surface area contributed by atoms with Gasteiger partial charge in [0.05, 0.1) is 17.7 Å². The minimum Gasteiger partial charge on any atom is -0.462 e. The molecule has 10 nitrogen and oxygen atoms in total. The molecule has 0 bridgehead atoms. The van der Waals surface area contributed by atoms with Gasteiger partial charge in [0.1, 0.15) is 24.2 Å². The number of nitrogens with two attached hydrogens (primary N) is 1. The molecule has 3 aromatic rings. The Kier molecular flexibility index (Phi) is 10.9. The number of hydrogen-bond acceptors (Lipinski definition) is 8. The average molecular weight is 570 g/mol. The number of carbonyl (C=O) groups is 4. The van der Waals surface area contributed by atoms with Gasteiger partial charge in [-0.15, -0.1) is 6.58 Å². The molecule has 0 spiro atoms. The van der Waals surface area contributed by atoms with Crippen LogP contribution in [0.2, 0.25) is 0 Å². The summed E-state index contributed by atoms with van der Waals surface area (Å²) < 4.78 is 15.6. The molecule has 0 aliphatic carbocycles. The molecule has 0 fully saturated rings. The van der Waals surface area contributed by atoms with E-state index in [0.29, 0.717) is 39.1 Å². The van der Waals surface area contributed by atoms with Crippen molar-refractivity contribution in [3.63, 3.8) is 0 Å². The van der Waals surface area contributed by atoms with E-state index >= 15 is 0 Å². The van der Waals surface area contributed by atoms with Crippen molar-refractivity contribution in [2.45, 2.75) is 26.5 Å². The van der Waals surface area contributed by atoms with E-state index in [1.165, 1.54) is 12.2 Å². The third kappa shape index (κ3) is 8.75. The van der Waals surface area contributed by atoms with Gasteiger partial charge in [-0.3, -0.25) is 10.2 Å². The van der Waals surface area contributed by atoms with E-state index in [9.17, 15) is 19.2 Å². The molecule has 0 aliphatic rings. The zero-order valence-electron chi connectivity index (χ0n) is 23.2. The third-order valence-electron chi connectivity index (χ3n) is 5.93. The topological polar surface area (TPSA) is 158 Å².